The van der Waals surface area contributed by atoms with Crippen molar-refractivity contribution < 1.29 is 27.8 Å². The van der Waals surface area contributed by atoms with Gasteiger partial charge in [-0.1, -0.05) is 0 Å². The molecule has 82 valence electrons. The number of carbonyl (C=O) groups is 1. The van der Waals surface area contributed by atoms with Crippen molar-refractivity contribution in [2.75, 3.05) is 19.8 Å². The molecule has 8 nitrogen and oxygen atoms in total. The smallest absolute Gasteiger partial charge is 0.424 e. The fraction of sp³-hybridized carbons (Fsp3) is 0.800. The predicted molar refractivity (Wildman–Crippen MR) is 42.2 cm³/mol. The number of nitrogens with one attached hydrogen (secondary N) is 2. The Morgan fingerprint density at radius 2 is 2.36 bits per heavy atom. The molecule has 0 spiro atoms. The van der Waals surface area contributed by atoms with Gasteiger partial charge in [0.1, 0.15) is 6.61 Å². The normalized spacial score (nSPS) is 23.9. The van der Waals surface area contributed by atoms with Crippen LogP contribution in [0.2, 0.25) is 0 Å². The molecule has 0 aliphatic carbocycles. The SMILES string of the molecule is O=C(NNS(=O)[O-])OC1COCCO1. The maximum absolute atomic E-state index is 10.8. The third kappa shape index (κ3) is 4.48. The van der Waals surface area contributed by atoms with E-state index in [2.05, 4.69) is 4.74 Å². The van der Waals surface area contributed by atoms with Crippen LogP contribution >= 0.6 is 0 Å². The Kier molecular flexibility index (Phi) is 4.76. The minimum atomic E-state index is -2.58. The molecule has 0 aromatic rings. The second kappa shape index (κ2) is 5.88. The molecule has 1 saturated heterocycles. The lowest BCUT2D eigenvalue weighted by Crippen LogP contribution is -2.42. The summed E-state index contributed by atoms with van der Waals surface area (Å²) >= 11 is -2.58. The molecule has 0 aromatic carbocycles. The average Bonchev–Trinajstić information content (AvgIpc) is 2.16. The van der Waals surface area contributed by atoms with Gasteiger partial charge in [0.2, 0.25) is 6.29 Å². The Labute approximate surface area is 82.3 Å². The Morgan fingerprint density at radius 1 is 1.57 bits per heavy atom. The van der Waals surface area contributed by atoms with E-state index in [0.717, 1.165) is 0 Å². The van der Waals surface area contributed by atoms with E-state index >= 15 is 0 Å². The molecule has 0 aromatic heterocycles. The van der Waals surface area contributed by atoms with E-state index in [0.29, 0.717) is 13.2 Å². The third-order valence-corrected chi connectivity index (χ3v) is 1.53. The van der Waals surface area contributed by atoms with E-state index in [1.54, 1.807) is 10.3 Å². The summed E-state index contributed by atoms with van der Waals surface area (Å²) in [4.78, 5) is 12.4. The highest BCUT2D eigenvalue weighted by molar-refractivity contribution is 7.77. The molecule has 1 amide bonds. The lowest BCUT2D eigenvalue weighted by atomic mass is 10.6. The number of ether oxygens (including phenoxy) is 3. The van der Waals surface area contributed by atoms with Crippen LogP contribution in [-0.2, 0) is 25.5 Å². The number of hydrogen-bond acceptors (Lipinski definition) is 6. The Morgan fingerprint density at radius 3 is 2.93 bits per heavy atom. The summed E-state index contributed by atoms with van der Waals surface area (Å²) in [7, 11) is 0. The molecule has 2 N–H and O–H groups in total. The van der Waals surface area contributed by atoms with E-state index in [-0.39, 0.29) is 6.61 Å². The molecule has 1 aliphatic heterocycles. The van der Waals surface area contributed by atoms with Crippen molar-refractivity contribution in [1.29, 1.82) is 0 Å². The predicted octanol–water partition coefficient (Wildman–Crippen LogP) is -1.62. The van der Waals surface area contributed by atoms with Crippen LogP contribution in [0.4, 0.5) is 4.79 Å². The molecule has 2 atom stereocenters. The molecule has 1 fully saturated rings. The minimum Gasteiger partial charge on any atom is -0.759 e. The molecule has 0 bridgehead atoms. The molecule has 1 heterocycles. The van der Waals surface area contributed by atoms with Gasteiger partial charge in [-0.05, 0) is 0 Å². The van der Waals surface area contributed by atoms with Crippen molar-refractivity contribution in [3.8, 4) is 0 Å². The molecule has 1 aliphatic rings. The van der Waals surface area contributed by atoms with Gasteiger partial charge in [0, 0.05) is 11.3 Å². The van der Waals surface area contributed by atoms with E-state index in [1.165, 1.54) is 0 Å². The van der Waals surface area contributed by atoms with Crippen LogP contribution in [0.3, 0.4) is 0 Å². The molecule has 1 rings (SSSR count). The minimum absolute atomic E-state index is 0.133. The maximum atomic E-state index is 10.8. The van der Waals surface area contributed by atoms with Crippen LogP contribution in [0.1, 0.15) is 0 Å². The summed E-state index contributed by atoms with van der Waals surface area (Å²) in [6, 6.07) is 0. The highest BCUT2D eigenvalue weighted by Crippen LogP contribution is 2.01. The van der Waals surface area contributed by atoms with Crippen LogP contribution in [0, 0.1) is 0 Å². The largest absolute Gasteiger partial charge is 0.759 e. The Hall–Kier alpha value is -0.740. The van der Waals surface area contributed by atoms with E-state index in [4.69, 9.17) is 9.47 Å². The Bertz CT molecular complexity index is 218. The number of carbonyl (C=O) groups excluding carboxylic acids is 1. The van der Waals surface area contributed by atoms with Crippen LogP contribution in [0.5, 0.6) is 0 Å². The van der Waals surface area contributed by atoms with E-state index in [1.807, 2.05) is 0 Å². The van der Waals surface area contributed by atoms with E-state index < -0.39 is 23.6 Å². The van der Waals surface area contributed by atoms with Crippen LogP contribution < -0.4 is 10.3 Å². The van der Waals surface area contributed by atoms with Gasteiger partial charge >= 0.3 is 6.09 Å². The number of hydrogen-bond donors (Lipinski definition) is 2. The van der Waals surface area contributed by atoms with Gasteiger partial charge in [0.15, 0.2) is 0 Å². The zero-order valence-corrected chi connectivity index (χ0v) is 7.87. The third-order valence-electron chi connectivity index (χ3n) is 1.26. The summed E-state index contributed by atoms with van der Waals surface area (Å²) in [5, 5.41) is 0. The van der Waals surface area contributed by atoms with Crippen molar-refractivity contribution in [1.82, 2.24) is 10.3 Å². The highest BCUT2D eigenvalue weighted by Gasteiger charge is 2.18. The van der Waals surface area contributed by atoms with Crippen molar-refractivity contribution in [3.05, 3.63) is 0 Å². The molecule has 9 heteroatoms. The standard InChI is InChI=1S/C5H10N2O6S/c8-5(6-7-14(9)10)13-4-3-11-1-2-12-4/h4,7H,1-3H2,(H,6,8)(H,9,10)/p-1. The summed E-state index contributed by atoms with van der Waals surface area (Å²) in [5.74, 6) is 0. The summed E-state index contributed by atoms with van der Waals surface area (Å²) < 4.78 is 34.4. The van der Waals surface area contributed by atoms with E-state index in [9.17, 15) is 13.6 Å². The Balaban J connectivity index is 2.15. The van der Waals surface area contributed by atoms with Gasteiger partial charge in [0.25, 0.3) is 0 Å². The second-order valence-corrected chi connectivity index (χ2v) is 2.92. The highest BCUT2D eigenvalue weighted by atomic mass is 32.2. The zero-order chi connectivity index (χ0) is 10.4. The lowest BCUT2D eigenvalue weighted by molar-refractivity contribution is -0.184. The molecular weight excluding hydrogens is 216 g/mol. The molecule has 0 saturated carbocycles. The van der Waals surface area contributed by atoms with Gasteiger partial charge in [0.05, 0.1) is 13.2 Å². The van der Waals surface area contributed by atoms with Gasteiger partial charge in [-0.15, -0.1) is 0 Å². The lowest BCUT2D eigenvalue weighted by Gasteiger charge is -2.22. The first-order valence-electron chi connectivity index (χ1n) is 3.69. The zero-order valence-electron chi connectivity index (χ0n) is 7.06. The molecule has 2 unspecified atom stereocenters. The van der Waals surface area contributed by atoms with Gasteiger partial charge in [-0.3, -0.25) is 4.21 Å². The fourth-order valence-corrected chi connectivity index (χ4v) is 0.933. The molecule has 0 radical (unpaired) electrons. The van der Waals surface area contributed by atoms with Crippen molar-refractivity contribution in [3.63, 3.8) is 0 Å². The topological polar surface area (TPSA) is 109 Å². The number of rotatable bonds is 3. The van der Waals surface area contributed by atoms with Crippen molar-refractivity contribution >= 4 is 17.4 Å². The first kappa shape index (κ1) is 11.3. The van der Waals surface area contributed by atoms with Crippen molar-refractivity contribution in [2.45, 2.75) is 6.29 Å². The van der Waals surface area contributed by atoms with Crippen LogP contribution in [0.25, 0.3) is 0 Å². The van der Waals surface area contributed by atoms with Gasteiger partial charge < -0.3 is 18.8 Å². The van der Waals surface area contributed by atoms with Crippen LogP contribution in [-0.4, -0.2) is 41.0 Å². The van der Waals surface area contributed by atoms with Crippen LogP contribution in [0.15, 0.2) is 0 Å². The quantitative estimate of drug-likeness (QED) is 0.441. The molecule has 14 heavy (non-hydrogen) atoms. The first-order valence-corrected chi connectivity index (χ1v) is 4.77. The van der Waals surface area contributed by atoms with Gasteiger partial charge in [-0.25, -0.2) is 10.2 Å². The first-order chi connectivity index (χ1) is 6.68. The number of hydrazine groups is 1. The maximum Gasteiger partial charge on any atom is 0.424 e. The second-order valence-electron chi connectivity index (χ2n) is 2.24. The molecular formula is C5H9N2O6S-. The monoisotopic (exact) mass is 225 g/mol. The average molecular weight is 225 g/mol. The van der Waals surface area contributed by atoms with Crippen molar-refractivity contribution in [2.24, 2.45) is 0 Å². The summed E-state index contributed by atoms with van der Waals surface area (Å²) in [6.45, 7) is 0.914. The van der Waals surface area contributed by atoms with Gasteiger partial charge in [-0.2, -0.15) is 4.83 Å². The summed E-state index contributed by atoms with van der Waals surface area (Å²) in [6.07, 6.45) is -1.75. The summed E-state index contributed by atoms with van der Waals surface area (Å²) in [5.41, 5.74) is 1.77. The number of amides is 1. The fourth-order valence-electron chi connectivity index (χ4n) is 0.766.